The quantitative estimate of drug-likeness (QED) is 0.106. The zero-order valence-electron chi connectivity index (χ0n) is 16.9. The van der Waals surface area contributed by atoms with E-state index in [1.807, 2.05) is 6.07 Å². The van der Waals surface area contributed by atoms with Crippen LogP contribution in [0.1, 0.15) is 47.9 Å². The van der Waals surface area contributed by atoms with Crippen molar-refractivity contribution in [3.8, 4) is 5.75 Å². The van der Waals surface area contributed by atoms with Crippen molar-refractivity contribution in [3.05, 3.63) is 57.2 Å². The number of aliphatic hydroxyl groups excluding tert-OH is 1. The van der Waals surface area contributed by atoms with E-state index >= 15 is 0 Å². The molecule has 13 heteroatoms. The highest BCUT2D eigenvalue weighted by molar-refractivity contribution is 14.1. The van der Waals surface area contributed by atoms with Gasteiger partial charge in [-0.1, -0.05) is 0 Å². The van der Waals surface area contributed by atoms with Gasteiger partial charge in [0.25, 0.3) is 0 Å². The maximum Gasteiger partial charge on any atom is 0.339 e. The first-order valence-electron chi connectivity index (χ1n) is 9.71. The lowest BCUT2D eigenvalue weighted by Gasteiger charge is -2.27. The monoisotopic (exact) mass is 820 g/mol. The van der Waals surface area contributed by atoms with E-state index in [1.54, 1.807) is 6.07 Å². The molecule has 1 saturated carbocycles. The molecule has 0 radical (unpaired) electrons. The molecule has 0 bridgehead atoms. The van der Waals surface area contributed by atoms with Gasteiger partial charge in [-0.05, 0) is 106 Å². The molecule has 34 heavy (non-hydrogen) atoms. The Morgan fingerprint density at radius 2 is 1.47 bits per heavy atom. The maximum atomic E-state index is 14.1. The van der Waals surface area contributed by atoms with Crippen molar-refractivity contribution in [3.63, 3.8) is 0 Å². The molecule has 0 heterocycles. The second-order valence-corrected chi connectivity index (χ2v) is 10.9. The number of ether oxygens (including phenoxy) is 2. The van der Waals surface area contributed by atoms with Gasteiger partial charge in [0.05, 0.1) is 17.0 Å². The van der Waals surface area contributed by atoms with Crippen LogP contribution >= 0.6 is 67.8 Å². The molecular weight excluding hydrogens is 805 g/mol. The Bertz CT molecular complexity index is 1110. The second-order valence-electron chi connectivity index (χ2n) is 7.42. The Kier molecular flexibility index (Phi) is 9.41. The van der Waals surface area contributed by atoms with Gasteiger partial charge in [0.15, 0.2) is 17.9 Å². The Hall–Kier alpha value is -0.790. The molecule has 0 saturated heterocycles. The molecule has 2 N–H and O–H groups in total. The van der Waals surface area contributed by atoms with E-state index in [0.29, 0.717) is 5.56 Å². The predicted molar refractivity (Wildman–Crippen MR) is 135 cm³/mol. The van der Waals surface area contributed by atoms with Crippen molar-refractivity contribution in [1.29, 1.82) is 0 Å². The van der Waals surface area contributed by atoms with Gasteiger partial charge in [-0.3, -0.25) is 4.79 Å². The van der Waals surface area contributed by atoms with Crippen molar-refractivity contribution in [2.24, 2.45) is 5.92 Å². The summed E-state index contributed by atoms with van der Waals surface area (Å²) in [5, 5.41) is 17.8. The van der Waals surface area contributed by atoms with E-state index in [9.17, 15) is 27.2 Å². The fraction of sp³-hybridized carbons (Fsp3) is 0.333. The van der Waals surface area contributed by atoms with Gasteiger partial charge in [0.2, 0.25) is 17.4 Å². The van der Waals surface area contributed by atoms with Gasteiger partial charge in [-0.25, -0.2) is 13.6 Å². The van der Waals surface area contributed by atoms with Gasteiger partial charge in [-0.2, -0.15) is 8.78 Å². The van der Waals surface area contributed by atoms with Crippen molar-refractivity contribution in [2.45, 2.75) is 38.1 Å². The molecule has 6 nitrogen and oxygen atoms in total. The molecule has 0 unspecified atom stereocenters. The highest BCUT2D eigenvalue weighted by Gasteiger charge is 2.34. The molecule has 3 rings (SSSR count). The molecule has 1 fully saturated rings. The number of aliphatic hydroxyl groups is 2. The normalized spacial score (nSPS) is 18.2. The lowest BCUT2D eigenvalue weighted by Crippen LogP contribution is -2.31. The lowest BCUT2D eigenvalue weighted by molar-refractivity contribution is -0.141. The number of benzene rings is 2. The van der Waals surface area contributed by atoms with Crippen LogP contribution in [0.25, 0.3) is 0 Å². The third-order valence-electron chi connectivity index (χ3n) is 5.21. The van der Waals surface area contributed by atoms with Crippen LogP contribution < -0.4 is 4.74 Å². The minimum Gasteiger partial charge on any atom is -0.459 e. The number of carbonyl (C=O) groups excluding carboxylic acids is 2. The van der Waals surface area contributed by atoms with E-state index in [1.165, 1.54) is 0 Å². The van der Waals surface area contributed by atoms with Crippen LogP contribution in [0.15, 0.2) is 12.1 Å². The third kappa shape index (κ3) is 5.95. The summed E-state index contributed by atoms with van der Waals surface area (Å²) in [5.74, 6) is -12.3. The number of hydrogen-bond donors (Lipinski definition) is 2. The Morgan fingerprint density at radius 1 is 0.912 bits per heavy atom. The van der Waals surface area contributed by atoms with Gasteiger partial charge in [-0.15, -0.1) is 0 Å². The SMILES string of the molecule is O=C(OC1CCC(C(=O)Oc2c(F)c(F)c(C(O)O)c(F)c2F)CC1)c1cc(I)cc(I)c1I. The van der Waals surface area contributed by atoms with E-state index in [0.717, 1.165) is 10.7 Å². The Morgan fingerprint density at radius 3 is 2.00 bits per heavy atom. The zero-order valence-corrected chi connectivity index (χ0v) is 23.4. The molecule has 1 aliphatic rings. The van der Waals surface area contributed by atoms with Crippen LogP contribution in [0.4, 0.5) is 17.6 Å². The smallest absolute Gasteiger partial charge is 0.339 e. The predicted octanol–water partition coefficient (Wildman–Crippen LogP) is 5.36. The number of carbonyl (C=O) groups is 2. The molecule has 0 atom stereocenters. The Balaban J connectivity index is 1.64. The van der Waals surface area contributed by atoms with Crippen LogP contribution in [0.2, 0.25) is 0 Å². The van der Waals surface area contributed by atoms with E-state index < -0.39 is 64.8 Å². The van der Waals surface area contributed by atoms with Crippen molar-refractivity contribution >= 4 is 79.7 Å². The summed E-state index contributed by atoms with van der Waals surface area (Å²) < 4.78 is 68.7. The highest BCUT2D eigenvalue weighted by Crippen LogP contribution is 2.35. The number of hydrogen-bond acceptors (Lipinski definition) is 6. The number of halogens is 7. The van der Waals surface area contributed by atoms with Crippen LogP contribution in [-0.4, -0.2) is 28.3 Å². The lowest BCUT2D eigenvalue weighted by atomic mass is 9.87. The van der Waals surface area contributed by atoms with Gasteiger partial charge in [0, 0.05) is 10.7 Å². The van der Waals surface area contributed by atoms with E-state index in [2.05, 4.69) is 72.5 Å². The minimum atomic E-state index is -2.81. The number of rotatable bonds is 5. The molecular formula is C21H15F4I3O6. The third-order valence-corrected chi connectivity index (χ3v) is 8.88. The molecule has 0 aromatic heterocycles. The van der Waals surface area contributed by atoms with E-state index in [4.69, 9.17) is 14.9 Å². The second kappa shape index (κ2) is 11.5. The summed E-state index contributed by atoms with van der Waals surface area (Å²) in [5.41, 5.74) is -1.21. The van der Waals surface area contributed by atoms with Crippen LogP contribution in [0.3, 0.4) is 0 Å². The summed E-state index contributed by atoms with van der Waals surface area (Å²) >= 11 is 6.26. The van der Waals surface area contributed by atoms with Gasteiger partial charge >= 0.3 is 11.9 Å². The average molecular weight is 820 g/mol. The van der Waals surface area contributed by atoms with Gasteiger partial charge < -0.3 is 19.7 Å². The van der Waals surface area contributed by atoms with Crippen molar-refractivity contribution in [2.75, 3.05) is 0 Å². The summed E-state index contributed by atoms with van der Waals surface area (Å²) in [7, 11) is 0. The standard InChI is InChI=1S/C21H15F4I3O6/c22-13-12(19(29)30)14(23)16(25)18(15(13)24)34-20(31)7-1-3-9(4-2-7)33-21(32)10-5-8(26)6-11(27)17(10)28/h5-7,9,19,29-30H,1-4H2. The molecule has 0 amide bonds. The average Bonchev–Trinajstić information content (AvgIpc) is 2.78. The summed E-state index contributed by atoms with van der Waals surface area (Å²) in [6.45, 7) is 0. The van der Waals surface area contributed by atoms with Gasteiger partial charge in [0.1, 0.15) is 6.10 Å². The summed E-state index contributed by atoms with van der Waals surface area (Å²) in [6, 6.07) is 3.62. The zero-order chi connectivity index (χ0) is 25.3. The van der Waals surface area contributed by atoms with Crippen LogP contribution in [0, 0.1) is 39.9 Å². The van der Waals surface area contributed by atoms with Crippen LogP contribution in [0.5, 0.6) is 5.75 Å². The van der Waals surface area contributed by atoms with Crippen LogP contribution in [-0.2, 0) is 9.53 Å². The van der Waals surface area contributed by atoms with Crippen molar-refractivity contribution < 1.29 is 46.8 Å². The van der Waals surface area contributed by atoms with Crippen molar-refractivity contribution in [1.82, 2.24) is 0 Å². The molecule has 0 spiro atoms. The Labute approximate surface area is 231 Å². The molecule has 1 aliphatic carbocycles. The van der Waals surface area contributed by atoms with E-state index in [-0.39, 0.29) is 25.7 Å². The fourth-order valence-electron chi connectivity index (χ4n) is 3.46. The summed E-state index contributed by atoms with van der Waals surface area (Å²) in [6.07, 6.45) is -2.45. The summed E-state index contributed by atoms with van der Waals surface area (Å²) in [4.78, 5) is 25.0. The largest absolute Gasteiger partial charge is 0.459 e. The first kappa shape index (κ1) is 27.8. The molecule has 2 aromatic carbocycles. The first-order valence-corrected chi connectivity index (χ1v) is 12.9. The fourth-order valence-corrected chi connectivity index (χ4v) is 5.84. The topological polar surface area (TPSA) is 93.1 Å². The molecule has 184 valence electrons. The molecule has 2 aromatic rings. The highest BCUT2D eigenvalue weighted by atomic mass is 127. The first-order chi connectivity index (χ1) is 15.9. The minimum absolute atomic E-state index is 0.152. The molecule has 0 aliphatic heterocycles. The maximum absolute atomic E-state index is 14.1. The number of esters is 2.